The van der Waals surface area contributed by atoms with E-state index < -0.39 is 0 Å². The van der Waals surface area contributed by atoms with Crippen molar-refractivity contribution in [3.8, 4) is 0 Å². The van der Waals surface area contributed by atoms with Gasteiger partial charge in [0, 0.05) is 25.2 Å². The van der Waals surface area contributed by atoms with Crippen LogP contribution < -0.4 is 5.73 Å². The molecule has 1 rings (SSSR count). The van der Waals surface area contributed by atoms with Crippen molar-refractivity contribution in [2.24, 2.45) is 11.1 Å². The SMILES string of the molecule is CCC1COC(C)CN1C(CN)C(C)(C)C. The minimum Gasteiger partial charge on any atom is -0.376 e. The summed E-state index contributed by atoms with van der Waals surface area (Å²) in [5.41, 5.74) is 6.20. The molecule has 3 nitrogen and oxygen atoms in total. The van der Waals surface area contributed by atoms with Gasteiger partial charge < -0.3 is 10.5 Å². The summed E-state index contributed by atoms with van der Waals surface area (Å²) in [5, 5.41) is 0. The van der Waals surface area contributed by atoms with Crippen LogP contribution >= 0.6 is 0 Å². The lowest BCUT2D eigenvalue weighted by Crippen LogP contribution is -2.59. The van der Waals surface area contributed by atoms with Gasteiger partial charge in [-0.2, -0.15) is 0 Å². The molecule has 0 aliphatic carbocycles. The quantitative estimate of drug-likeness (QED) is 0.801. The number of morpholine rings is 1. The number of hydrogen-bond donors (Lipinski definition) is 1. The molecule has 3 atom stereocenters. The van der Waals surface area contributed by atoms with Crippen LogP contribution in [0.5, 0.6) is 0 Å². The number of hydrogen-bond acceptors (Lipinski definition) is 3. The number of ether oxygens (including phenoxy) is 1. The van der Waals surface area contributed by atoms with E-state index in [1.807, 2.05) is 0 Å². The van der Waals surface area contributed by atoms with Crippen LogP contribution in [0.15, 0.2) is 0 Å². The zero-order valence-electron chi connectivity index (χ0n) is 11.5. The fourth-order valence-corrected chi connectivity index (χ4v) is 2.59. The van der Waals surface area contributed by atoms with E-state index >= 15 is 0 Å². The monoisotopic (exact) mass is 228 g/mol. The maximum Gasteiger partial charge on any atom is 0.0674 e. The summed E-state index contributed by atoms with van der Waals surface area (Å²) in [6.45, 7) is 13.8. The van der Waals surface area contributed by atoms with E-state index in [9.17, 15) is 0 Å². The molecule has 0 saturated carbocycles. The first-order valence-electron chi connectivity index (χ1n) is 6.47. The van der Waals surface area contributed by atoms with Gasteiger partial charge in [-0.3, -0.25) is 4.90 Å². The molecule has 0 aromatic carbocycles. The Morgan fingerprint density at radius 2 is 2.06 bits per heavy atom. The first-order chi connectivity index (χ1) is 7.40. The molecule has 1 fully saturated rings. The average Bonchev–Trinajstić information content (AvgIpc) is 2.17. The summed E-state index contributed by atoms with van der Waals surface area (Å²) >= 11 is 0. The topological polar surface area (TPSA) is 38.5 Å². The minimum absolute atomic E-state index is 0.235. The molecular formula is C13H28N2O. The van der Waals surface area contributed by atoms with E-state index in [2.05, 4.69) is 39.5 Å². The summed E-state index contributed by atoms with van der Waals surface area (Å²) in [6, 6.07) is 0.979. The van der Waals surface area contributed by atoms with E-state index in [-0.39, 0.29) is 5.41 Å². The van der Waals surface area contributed by atoms with Gasteiger partial charge in [0.25, 0.3) is 0 Å². The van der Waals surface area contributed by atoms with Crippen molar-refractivity contribution >= 4 is 0 Å². The Morgan fingerprint density at radius 1 is 1.44 bits per heavy atom. The normalized spacial score (nSPS) is 30.4. The zero-order chi connectivity index (χ0) is 12.3. The maximum atomic E-state index is 5.97. The third-order valence-corrected chi connectivity index (χ3v) is 3.60. The van der Waals surface area contributed by atoms with Crippen LogP contribution in [-0.2, 0) is 4.74 Å². The minimum atomic E-state index is 0.235. The van der Waals surface area contributed by atoms with Crippen LogP contribution in [0.3, 0.4) is 0 Å². The van der Waals surface area contributed by atoms with Gasteiger partial charge in [-0.1, -0.05) is 27.7 Å². The Hall–Kier alpha value is -0.120. The van der Waals surface area contributed by atoms with Gasteiger partial charge in [-0.25, -0.2) is 0 Å². The molecule has 1 aliphatic heterocycles. The van der Waals surface area contributed by atoms with Gasteiger partial charge in [0.05, 0.1) is 12.7 Å². The maximum absolute atomic E-state index is 5.97. The van der Waals surface area contributed by atoms with Gasteiger partial charge in [0.15, 0.2) is 0 Å². The molecule has 0 bridgehead atoms. The van der Waals surface area contributed by atoms with Crippen molar-refractivity contribution in [2.45, 2.75) is 59.2 Å². The van der Waals surface area contributed by atoms with Crippen molar-refractivity contribution in [3.63, 3.8) is 0 Å². The summed E-state index contributed by atoms with van der Waals surface area (Å²) in [5.74, 6) is 0. The zero-order valence-corrected chi connectivity index (χ0v) is 11.5. The molecule has 0 amide bonds. The van der Waals surface area contributed by atoms with Crippen LogP contribution in [0, 0.1) is 5.41 Å². The smallest absolute Gasteiger partial charge is 0.0674 e. The van der Waals surface area contributed by atoms with Crippen molar-refractivity contribution in [1.82, 2.24) is 4.90 Å². The molecule has 0 aromatic rings. The van der Waals surface area contributed by atoms with Gasteiger partial charge in [-0.05, 0) is 18.8 Å². The van der Waals surface area contributed by atoms with E-state index in [0.29, 0.717) is 18.2 Å². The predicted octanol–water partition coefficient (Wildman–Crippen LogP) is 1.86. The lowest BCUT2D eigenvalue weighted by Gasteiger charge is -2.47. The van der Waals surface area contributed by atoms with Gasteiger partial charge in [0.1, 0.15) is 0 Å². The number of nitrogens with zero attached hydrogens (tertiary/aromatic N) is 1. The predicted molar refractivity (Wildman–Crippen MR) is 68.5 cm³/mol. The molecule has 96 valence electrons. The van der Waals surface area contributed by atoms with Crippen LogP contribution in [-0.4, -0.2) is 42.8 Å². The molecule has 16 heavy (non-hydrogen) atoms. The molecule has 3 unspecified atom stereocenters. The molecule has 1 saturated heterocycles. The summed E-state index contributed by atoms with van der Waals surface area (Å²) in [4.78, 5) is 2.56. The van der Waals surface area contributed by atoms with Crippen molar-refractivity contribution in [2.75, 3.05) is 19.7 Å². The molecule has 1 aliphatic rings. The lowest BCUT2D eigenvalue weighted by molar-refractivity contribution is -0.0874. The van der Waals surface area contributed by atoms with Crippen LogP contribution in [0.4, 0.5) is 0 Å². The highest BCUT2D eigenvalue weighted by Crippen LogP contribution is 2.28. The molecule has 3 heteroatoms. The lowest BCUT2D eigenvalue weighted by atomic mass is 9.84. The summed E-state index contributed by atoms with van der Waals surface area (Å²) in [6.07, 6.45) is 1.47. The Bertz CT molecular complexity index is 212. The second-order valence-corrected chi connectivity index (χ2v) is 6.02. The molecule has 1 heterocycles. The highest BCUT2D eigenvalue weighted by Gasteiger charge is 2.36. The number of rotatable bonds is 3. The molecular weight excluding hydrogens is 200 g/mol. The van der Waals surface area contributed by atoms with Gasteiger partial charge in [-0.15, -0.1) is 0 Å². The third kappa shape index (κ3) is 3.19. The molecule has 0 radical (unpaired) electrons. The van der Waals surface area contributed by atoms with Gasteiger partial charge >= 0.3 is 0 Å². The standard InChI is InChI=1S/C13H28N2O/c1-6-11-9-16-10(2)8-15(11)12(7-14)13(3,4)5/h10-12H,6-9,14H2,1-5H3. The average molecular weight is 228 g/mol. The fourth-order valence-electron chi connectivity index (χ4n) is 2.59. The Kier molecular flexibility index (Phi) is 4.77. The Balaban J connectivity index is 2.79. The molecule has 0 spiro atoms. The third-order valence-electron chi connectivity index (χ3n) is 3.60. The van der Waals surface area contributed by atoms with Crippen LogP contribution in [0.25, 0.3) is 0 Å². The van der Waals surface area contributed by atoms with Crippen LogP contribution in [0.1, 0.15) is 41.0 Å². The van der Waals surface area contributed by atoms with E-state index in [4.69, 9.17) is 10.5 Å². The van der Waals surface area contributed by atoms with Crippen molar-refractivity contribution in [1.29, 1.82) is 0 Å². The number of nitrogens with two attached hydrogens (primary N) is 1. The van der Waals surface area contributed by atoms with Crippen molar-refractivity contribution < 1.29 is 4.74 Å². The largest absolute Gasteiger partial charge is 0.376 e. The van der Waals surface area contributed by atoms with Crippen LogP contribution in [0.2, 0.25) is 0 Å². The highest BCUT2D eigenvalue weighted by atomic mass is 16.5. The second kappa shape index (κ2) is 5.48. The Labute approximate surface area is 100 Å². The van der Waals surface area contributed by atoms with Gasteiger partial charge in [0.2, 0.25) is 0 Å². The van der Waals surface area contributed by atoms with E-state index in [0.717, 1.165) is 26.1 Å². The Morgan fingerprint density at radius 3 is 2.50 bits per heavy atom. The fraction of sp³-hybridized carbons (Fsp3) is 1.00. The molecule has 2 N–H and O–H groups in total. The second-order valence-electron chi connectivity index (χ2n) is 6.02. The first kappa shape index (κ1) is 13.9. The van der Waals surface area contributed by atoms with Crippen molar-refractivity contribution in [3.05, 3.63) is 0 Å². The first-order valence-corrected chi connectivity index (χ1v) is 6.47. The molecule has 0 aromatic heterocycles. The van der Waals surface area contributed by atoms with E-state index in [1.165, 1.54) is 0 Å². The summed E-state index contributed by atoms with van der Waals surface area (Å²) < 4.78 is 5.74. The highest BCUT2D eigenvalue weighted by molar-refractivity contribution is 4.90. The summed E-state index contributed by atoms with van der Waals surface area (Å²) in [7, 11) is 0. The van der Waals surface area contributed by atoms with E-state index in [1.54, 1.807) is 0 Å².